The van der Waals surface area contributed by atoms with Crippen molar-refractivity contribution in [3.63, 3.8) is 0 Å². The molecule has 0 aliphatic rings. The largest absolute Gasteiger partial charge is 0.463 e. The topological polar surface area (TPSA) is 46.5 Å². The Balaban J connectivity index is 3.53. The van der Waals surface area contributed by atoms with Gasteiger partial charge in [0, 0.05) is 6.42 Å². The highest BCUT2D eigenvalue weighted by molar-refractivity contribution is 5.68. The standard InChI is InChI=1S/C14H28O3/c1-4-6-7-8-9-10-11-14(3,16)12-17-13(15)5-2/h16H,4-12H2,1-3H3/t14-/m1/s1. The van der Waals surface area contributed by atoms with E-state index >= 15 is 0 Å². The number of carbonyl (C=O) groups is 1. The van der Waals surface area contributed by atoms with Gasteiger partial charge in [0.2, 0.25) is 0 Å². The molecule has 0 amide bonds. The molecule has 0 aromatic carbocycles. The highest BCUT2D eigenvalue weighted by atomic mass is 16.5. The van der Waals surface area contributed by atoms with Crippen molar-refractivity contribution in [2.45, 2.75) is 77.7 Å². The van der Waals surface area contributed by atoms with Crippen molar-refractivity contribution < 1.29 is 14.6 Å². The third-order valence-corrected chi connectivity index (χ3v) is 2.90. The highest BCUT2D eigenvalue weighted by Crippen LogP contribution is 2.16. The Kier molecular flexibility index (Phi) is 9.14. The maximum absolute atomic E-state index is 11.0. The van der Waals surface area contributed by atoms with Gasteiger partial charge < -0.3 is 9.84 Å². The van der Waals surface area contributed by atoms with Gasteiger partial charge in [0.25, 0.3) is 0 Å². The number of aliphatic hydroxyl groups is 1. The Hall–Kier alpha value is -0.570. The molecule has 0 fully saturated rings. The predicted molar refractivity (Wildman–Crippen MR) is 69.9 cm³/mol. The van der Waals surface area contributed by atoms with Crippen molar-refractivity contribution in [3.05, 3.63) is 0 Å². The second-order valence-electron chi connectivity index (χ2n) is 5.03. The summed E-state index contributed by atoms with van der Waals surface area (Å²) in [5.74, 6) is -0.242. The second-order valence-corrected chi connectivity index (χ2v) is 5.03. The normalized spacial score (nSPS) is 14.4. The van der Waals surface area contributed by atoms with Crippen molar-refractivity contribution in [3.8, 4) is 0 Å². The minimum Gasteiger partial charge on any atom is -0.463 e. The van der Waals surface area contributed by atoms with E-state index in [1.54, 1.807) is 13.8 Å². The van der Waals surface area contributed by atoms with Crippen LogP contribution < -0.4 is 0 Å². The third kappa shape index (κ3) is 10.3. The van der Waals surface area contributed by atoms with E-state index in [2.05, 4.69) is 6.92 Å². The van der Waals surface area contributed by atoms with E-state index in [0.717, 1.165) is 12.8 Å². The monoisotopic (exact) mass is 244 g/mol. The van der Waals surface area contributed by atoms with Gasteiger partial charge in [-0.25, -0.2) is 0 Å². The zero-order valence-corrected chi connectivity index (χ0v) is 11.6. The van der Waals surface area contributed by atoms with Crippen molar-refractivity contribution in [2.75, 3.05) is 6.61 Å². The summed E-state index contributed by atoms with van der Waals surface area (Å²) >= 11 is 0. The minimum atomic E-state index is -0.865. The Labute approximate surface area is 106 Å². The third-order valence-electron chi connectivity index (χ3n) is 2.90. The summed E-state index contributed by atoms with van der Waals surface area (Å²) in [4.78, 5) is 11.0. The summed E-state index contributed by atoms with van der Waals surface area (Å²) in [7, 11) is 0. The van der Waals surface area contributed by atoms with Crippen LogP contribution in [0.25, 0.3) is 0 Å². The average molecular weight is 244 g/mol. The molecule has 0 saturated heterocycles. The van der Waals surface area contributed by atoms with Crippen LogP contribution in [0, 0.1) is 0 Å². The van der Waals surface area contributed by atoms with Crippen molar-refractivity contribution >= 4 is 5.97 Å². The maximum atomic E-state index is 11.0. The lowest BCUT2D eigenvalue weighted by molar-refractivity contribution is -0.150. The van der Waals surface area contributed by atoms with Crippen LogP contribution in [0.2, 0.25) is 0 Å². The first-order valence-electron chi connectivity index (χ1n) is 6.90. The van der Waals surface area contributed by atoms with E-state index in [-0.39, 0.29) is 12.6 Å². The molecule has 0 aliphatic carbocycles. The molecule has 102 valence electrons. The average Bonchev–Trinajstić information content (AvgIpc) is 2.30. The zero-order valence-electron chi connectivity index (χ0n) is 11.6. The number of ether oxygens (including phenoxy) is 1. The molecule has 1 N–H and O–H groups in total. The molecule has 0 unspecified atom stereocenters. The lowest BCUT2D eigenvalue weighted by atomic mass is 9.98. The summed E-state index contributed by atoms with van der Waals surface area (Å²) in [5, 5.41) is 9.98. The number of hydrogen-bond acceptors (Lipinski definition) is 3. The Morgan fingerprint density at radius 1 is 1.12 bits per heavy atom. The Bertz CT molecular complexity index is 200. The SMILES string of the molecule is CCCCCCCC[C@@](C)(O)COC(=O)CC. The highest BCUT2D eigenvalue weighted by Gasteiger charge is 2.21. The minimum absolute atomic E-state index is 0.120. The summed E-state index contributed by atoms with van der Waals surface area (Å²) < 4.78 is 4.96. The van der Waals surface area contributed by atoms with Gasteiger partial charge in [0.15, 0.2) is 0 Å². The zero-order chi connectivity index (χ0) is 13.1. The molecule has 0 rings (SSSR count). The second kappa shape index (κ2) is 9.46. The van der Waals surface area contributed by atoms with Gasteiger partial charge in [-0.2, -0.15) is 0 Å². The molecular formula is C14H28O3. The van der Waals surface area contributed by atoms with Crippen LogP contribution in [0.5, 0.6) is 0 Å². The van der Waals surface area contributed by atoms with Crippen molar-refractivity contribution in [1.82, 2.24) is 0 Å². The predicted octanol–water partition coefficient (Wildman–Crippen LogP) is 3.44. The molecule has 17 heavy (non-hydrogen) atoms. The first kappa shape index (κ1) is 16.4. The van der Waals surface area contributed by atoms with Gasteiger partial charge >= 0.3 is 5.97 Å². The molecule has 1 atom stereocenters. The van der Waals surface area contributed by atoms with Crippen LogP contribution in [0.4, 0.5) is 0 Å². The fourth-order valence-electron chi connectivity index (χ4n) is 1.70. The van der Waals surface area contributed by atoms with E-state index in [4.69, 9.17) is 4.74 Å². The van der Waals surface area contributed by atoms with Crippen LogP contribution in [-0.2, 0) is 9.53 Å². The maximum Gasteiger partial charge on any atom is 0.305 e. The van der Waals surface area contributed by atoms with E-state index in [1.165, 1.54) is 25.7 Å². The molecular weight excluding hydrogens is 216 g/mol. The first-order chi connectivity index (χ1) is 8.02. The van der Waals surface area contributed by atoms with E-state index in [1.807, 2.05) is 0 Å². The fourth-order valence-corrected chi connectivity index (χ4v) is 1.70. The number of hydrogen-bond donors (Lipinski definition) is 1. The summed E-state index contributed by atoms with van der Waals surface area (Å²) in [6.07, 6.45) is 8.29. The van der Waals surface area contributed by atoms with Gasteiger partial charge in [-0.05, 0) is 13.3 Å². The molecule has 3 heteroatoms. The summed E-state index contributed by atoms with van der Waals surface area (Å²) in [6.45, 7) is 5.81. The number of esters is 1. The fraction of sp³-hybridized carbons (Fsp3) is 0.929. The molecule has 0 saturated carbocycles. The van der Waals surface area contributed by atoms with Gasteiger partial charge in [0.1, 0.15) is 6.61 Å². The first-order valence-corrected chi connectivity index (χ1v) is 6.90. The van der Waals surface area contributed by atoms with E-state index < -0.39 is 5.60 Å². The molecule has 0 bridgehead atoms. The van der Waals surface area contributed by atoms with E-state index in [0.29, 0.717) is 12.8 Å². The van der Waals surface area contributed by atoms with Gasteiger partial charge in [-0.15, -0.1) is 0 Å². The quantitative estimate of drug-likeness (QED) is 0.473. The van der Waals surface area contributed by atoms with Crippen molar-refractivity contribution in [2.24, 2.45) is 0 Å². The summed E-state index contributed by atoms with van der Waals surface area (Å²) in [5.41, 5.74) is -0.865. The molecule has 0 heterocycles. The van der Waals surface area contributed by atoms with Gasteiger partial charge in [-0.1, -0.05) is 52.4 Å². The molecule has 0 radical (unpaired) electrons. The van der Waals surface area contributed by atoms with Crippen LogP contribution in [0.15, 0.2) is 0 Å². The Morgan fingerprint density at radius 3 is 2.29 bits per heavy atom. The number of unbranched alkanes of at least 4 members (excludes halogenated alkanes) is 5. The molecule has 0 aromatic rings. The lowest BCUT2D eigenvalue weighted by Crippen LogP contribution is -2.31. The lowest BCUT2D eigenvalue weighted by Gasteiger charge is -2.22. The molecule has 0 aromatic heterocycles. The molecule has 0 spiro atoms. The van der Waals surface area contributed by atoms with Gasteiger partial charge in [-0.3, -0.25) is 4.79 Å². The van der Waals surface area contributed by atoms with Crippen LogP contribution >= 0.6 is 0 Å². The summed E-state index contributed by atoms with van der Waals surface area (Å²) in [6, 6.07) is 0. The van der Waals surface area contributed by atoms with Crippen molar-refractivity contribution in [1.29, 1.82) is 0 Å². The molecule has 3 nitrogen and oxygen atoms in total. The number of carbonyl (C=O) groups excluding carboxylic acids is 1. The Morgan fingerprint density at radius 2 is 1.71 bits per heavy atom. The van der Waals surface area contributed by atoms with Gasteiger partial charge in [0.05, 0.1) is 5.60 Å². The smallest absolute Gasteiger partial charge is 0.305 e. The van der Waals surface area contributed by atoms with Crippen LogP contribution in [0.1, 0.15) is 72.1 Å². The molecule has 0 aliphatic heterocycles. The van der Waals surface area contributed by atoms with Crippen LogP contribution in [0.3, 0.4) is 0 Å². The van der Waals surface area contributed by atoms with Crippen LogP contribution in [-0.4, -0.2) is 23.3 Å². The number of rotatable bonds is 10. The van der Waals surface area contributed by atoms with E-state index in [9.17, 15) is 9.90 Å².